The minimum atomic E-state index is -0.579. The van der Waals surface area contributed by atoms with E-state index in [9.17, 15) is 9.59 Å². The molecular weight excluding hydrogens is 479 g/mol. The van der Waals surface area contributed by atoms with Crippen LogP contribution in [0.3, 0.4) is 0 Å². The molecule has 2 amide bonds. The summed E-state index contributed by atoms with van der Waals surface area (Å²) in [5, 5.41) is 3.97. The van der Waals surface area contributed by atoms with Crippen molar-refractivity contribution >= 4 is 46.8 Å². The molecule has 5 nitrogen and oxygen atoms in total. The molecule has 0 bridgehead atoms. The van der Waals surface area contributed by atoms with Crippen LogP contribution in [0.2, 0.25) is 10.0 Å². The van der Waals surface area contributed by atoms with Gasteiger partial charge < -0.3 is 15.0 Å². The second-order valence-electron chi connectivity index (χ2n) is 8.16. The number of hydrogen-bond donors (Lipinski definition) is 1. The number of rotatable bonds is 12. The molecule has 0 aliphatic carbocycles. The summed E-state index contributed by atoms with van der Waals surface area (Å²) in [6.07, 6.45) is 0.504. The lowest BCUT2D eigenvalue weighted by molar-refractivity contribution is -0.139. The van der Waals surface area contributed by atoms with E-state index in [1.165, 1.54) is 11.8 Å². The van der Waals surface area contributed by atoms with Gasteiger partial charge in [-0.05, 0) is 47.7 Å². The van der Waals surface area contributed by atoms with Gasteiger partial charge in [-0.1, -0.05) is 62.2 Å². The summed E-state index contributed by atoms with van der Waals surface area (Å²) in [5.41, 5.74) is 1.85. The topological polar surface area (TPSA) is 58.6 Å². The number of carbonyl (C=O) groups excluding carboxylic acids is 2. The molecule has 0 fully saturated rings. The summed E-state index contributed by atoms with van der Waals surface area (Å²) in [5.74, 6) is 1.80. The highest BCUT2D eigenvalue weighted by Crippen LogP contribution is 2.25. The molecule has 0 heterocycles. The fourth-order valence-electron chi connectivity index (χ4n) is 3.24. The van der Waals surface area contributed by atoms with Crippen molar-refractivity contribution in [1.82, 2.24) is 10.2 Å². The highest BCUT2D eigenvalue weighted by Gasteiger charge is 2.29. The number of nitrogens with one attached hydrogen (secondary N) is 1. The van der Waals surface area contributed by atoms with Crippen molar-refractivity contribution in [2.75, 3.05) is 19.4 Å². The zero-order valence-electron chi connectivity index (χ0n) is 19.6. The van der Waals surface area contributed by atoms with Gasteiger partial charge in [-0.2, -0.15) is 0 Å². The number of halogens is 2. The zero-order valence-corrected chi connectivity index (χ0v) is 21.9. The Morgan fingerprint density at radius 2 is 1.82 bits per heavy atom. The lowest BCUT2D eigenvalue weighted by Gasteiger charge is -2.31. The third-order valence-corrected chi connectivity index (χ3v) is 6.66. The monoisotopic (exact) mass is 510 g/mol. The summed E-state index contributed by atoms with van der Waals surface area (Å²) < 4.78 is 5.19. The van der Waals surface area contributed by atoms with Crippen LogP contribution in [0.25, 0.3) is 0 Å². The lowest BCUT2D eigenvalue weighted by atomic mass is 10.1. The predicted octanol–water partition coefficient (Wildman–Crippen LogP) is 5.81. The fourth-order valence-corrected chi connectivity index (χ4v) is 4.58. The standard InChI is InChI=1S/C25H32Cl2N2O3S/c1-5-23(25(31)28-13-17(2)3)29(14-19-8-9-20(26)12-22(19)27)24(30)16-33-15-18-6-10-21(32-4)11-7-18/h6-12,17,23H,5,13-16H2,1-4H3,(H,28,31)/t23-/m0/s1. The van der Waals surface area contributed by atoms with Crippen molar-refractivity contribution in [1.29, 1.82) is 0 Å². The van der Waals surface area contributed by atoms with Crippen LogP contribution in [0.5, 0.6) is 5.75 Å². The number of methoxy groups -OCH3 is 1. The van der Waals surface area contributed by atoms with E-state index >= 15 is 0 Å². The van der Waals surface area contributed by atoms with Crippen molar-refractivity contribution in [3.8, 4) is 5.75 Å². The van der Waals surface area contributed by atoms with Gasteiger partial charge in [0.25, 0.3) is 0 Å². The second-order valence-corrected chi connectivity index (χ2v) is 9.99. The molecule has 0 saturated carbocycles. The van der Waals surface area contributed by atoms with Crippen molar-refractivity contribution in [2.45, 2.75) is 45.5 Å². The van der Waals surface area contributed by atoms with Gasteiger partial charge in [0.15, 0.2) is 0 Å². The van der Waals surface area contributed by atoms with Crippen molar-refractivity contribution in [3.63, 3.8) is 0 Å². The molecule has 2 aromatic carbocycles. The van der Waals surface area contributed by atoms with Gasteiger partial charge in [0, 0.05) is 28.9 Å². The van der Waals surface area contributed by atoms with Crippen LogP contribution in [0.1, 0.15) is 38.3 Å². The van der Waals surface area contributed by atoms with Gasteiger partial charge in [-0.3, -0.25) is 9.59 Å². The van der Waals surface area contributed by atoms with Gasteiger partial charge in [-0.25, -0.2) is 0 Å². The molecule has 180 valence electrons. The fraction of sp³-hybridized carbons (Fsp3) is 0.440. The largest absolute Gasteiger partial charge is 0.497 e. The number of benzene rings is 2. The second kappa shape index (κ2) is 13.7. The number of amides is 2. The van der Waals surface area contributed by atoms with E-state index in [1.54, 1.807) is 30.2 Å². The van der Waals surface area contributed by atoms with Crippen molar-refractivity contribution < 1.29 is 14.3 Å². The summed E-state index contributed by atoms with van der Waals surface area (Å²) in [7, 11) is 1.63. The maximum Gasteiger partial charge on any atom is 0.242 e. The molecule has 2 rings (SSSR count). The van der Waals surface area contributed by atoms with Gasteiger partial charge >= 0.3 is 0 Å². The Labute approximate surface area is 211 Å². The van der Waals surface area contributed by atoms with Gasteiger partial charge in [0.1, 0.15) is 11.8 Å². The molecule has 0 radical (unpaired) electrons. The zero-order chi connectivity index (χ0) is 24.4. The molecule has 0 aromatic heterocycles. The van der Waals surface area contributed by atoms with Crippen molar-refractivity contribution in [2.24, 2.45) is 5.92 Å². The van der Waals surface area contributed by atoms with Crippen molar-refractivity contribution in [3.05, 3.63) is 63.6 Å². The number of carbonyl (C=O) groups is 2. The van der Waals surface area contributed by atoms with Gasteiger partial charge in [0.2, 0.25) is 11.8 Å². The SMILES string of the molecule is CC[C@@H](C(=O)NCC(C)C)N(Cc1ccc(Cl)cc1Cl)C(=O)CSCc1ccc(OC)cc1. The van der Waals surface area contributed by atoms with E-state index in [0.29, 0.717) is 34.7 Å². The quantitative estimate of drug-likeness (QED) is 0.391. The number of ether oxygens (including phenoxy) is 1. The maximum absolute atomic E-state index is 13.3. The van der Waals surface area contributed by atoms with Crippen LogP contribution in [0, 0.1) is 5.92 Å². The van der Waals surface area contributed by atoms with Crippen LogP contribution in [-0.4, -0.2) is 42.2 Å². The molecule has 0 unspecified atom stereocenters. The third-order valence-electron chi connectivity index (χ3n) is 5.08. The molecule has 0 aliphatic heterocycles. The first kappa shape index (κ1) is 27.4. The highest BCUT2D eigenvalue weighted by atomic mass is 35.5. The molecule has 8 heteroatoms. The Hall–Kier alpha value is -1.89. The average Bonchev–Trinajstić information content (AvgIpc) is 2.79. The van der Waals surface area contributed by atoms with Crippen LogP contribution < -0.4 is 10.1 Å². The molecule has 0 saturated heterocycles. The van der Waals surface area contributed by atoms with Crippen LogP contribution in [0.15, 0.2) is 42.5 Å². The number of hydrogen-bond acceptors (Lipinski definition) is 4. The van der Waals surface area contributed by atoms with E-state index in [0.717, 1.165) is 16.9 Å². The maximum atomic E-state index is 13.3. The van der Waals surface area contributed by atoms with E-state index < -0.39 is 6.04 Å². The molecule has 2 aromatic rings. The Morgan fingerprint density at radius 1 is 1.12 bits per heavy atom. The smallest absolute Gasteiger partial charge is 0.242 e. The normalized spacial score (nSPS) is 11.8. The lowest BCUT2D eigenvalue weighted by Crippen LogP contribution is -2.50. The van der Waals surface area contributed by atoms with Gasteiger partial charge in [0.05, 0.1) is 12.9 Å². The van der Waals surface area contributed by atoms with E-state index in [2.05, 4.69) is 5.32 Å². The summed E-state index contributed by atoms with van der Waals surface area (Å²) in [6.45, 7) is 6.78. The van der Waals surface area contributed by atoms with Crippen LogP contribution in [0.4, 0.5) is 0 Å². The first-order chi connectivity index (χ1) is 15.7. The molecule has 1 N–H and O–H groups in total. The molecule has 33 heavy (non-hydrogen) atoms. The Balaban J connectivity index is 2.14. The van der Waals surface area contributed by atoms with Gasteiger partial charge in [-0.15, -0.1) is 11.8 Å². The first-order valence-electron chi connectivity index (χ1n) is 11.0. The van der Waals surface area contributed by atoms with Crippen LogP contribution >= 0.6 is 35.0 Å². The Bertz CT molecular complexity index is 922. The minimum absolute atomic E-state index is 0.105. The first-order valence-corrected chi connectivity index (χ1v) is 12.9. The highest BCUT2D eigenvalue weighted by molar-refractivity contribution is 7.99. The molecule has 1 atom stereocenters. The summed E-state index contributed by atoms with van der Waals surface area (Å²) in [6, 6.07) is 12.4. The summed E-state index contributed by atoms with van der Waals surface area (Å²) in [4.78, 5) is 27.9. The third kappa shape index (κ3) is 8.76. The van der Waals surface area contributed by atoms with E-state index in [-0.39, 0.29) is 24.1 Å². The van der Waals surface area contributed by atoms with Crippen LogP contribution in [-0.2, 0) is 21.9 Å². The predicted molar refractivity (Wildman–Crippen MR) is 138 cm³/mol. The minimum Gasteiger partial charge on any atom is -0.497 e. The molecule has 0 spiro atoms. The molecule has 0 aliphatic rings. The van der Waals surface area contributed by atoms with E-state index in [4.69, 9.17) is 27.9 Å². The van der Waals surface area contributed by atoms with E-state index in [1.807, 2.05) is 45.0 Å². The molecular formula is C25H32Cl2N2O3S. The average molecular weight is 512 g/mol. The Kier molecular flexibility index (Phi) is 11.4. The number of thioether (sulfide) groups is 1. The summed E-state index contributed by atoms with van der Waals surface area (Å²) >= 11 is 13.9. The number of nitrogens with zero attached hydrogens (tertiary/aromatic N) is 1. The Morgan fingerprint density at radius 3 is 2.39 bits per heavy atom.